The van der Waals surface area contributed by atoms with Gasteiger partial charge in [0, 0.05) is 0 Å². The van der Waals surface area contributed by atoms with Crippen LogP contribution in [0.15, 0.2) is 0 Å². The van der Waals surface area contributed by atoms with Gasteiger partial charge in [0.2, 0.25) is 0 Å². The first-order valence-electron chi connectivity index (χ1n) is 4.02. The molecule has 2 heteroatoms. The molecule has 0 bridgehead atoms. The van der Waals surface area contributed by atoms with E-state index in [4.69, 9.17) is 4.74 Å². The van der Waals surface area contributed by atoms with Crippen molar-refractivity contribution in [3.05, 3.63) is 0 Å². The summed E-state index contributed by atoms with van der Waals surface area (Å²) in [6.45, 7) is 4.30. The average molecular weight is 145 g/mol. The summed E-state index contributed by atoms with van der Waals surface area (Å²) in [5.74, 6) is 0. The highest BCUT2D eigenvalue weighted by molar-refractivity contribution is 4.63. The molecule has 0 aromatic heterocycles. The molecule has 1 fully saturated rings. The van der Waals surface area contributed by atoms with Crippen LogP contribution < -0.4 is 5.73 Å². The van der Waals surface area contributed by atoms with Crippen molar-refractivity contribution >= 4 is 0 Å². The minimum absolute atomic E-state index is 0.513. The molecule has 0 amide bonds. The SMILES string of the molecule is CC1CCCC(C)O1.CN. The summed E-state index contributed by atoms with van der Waals surface area (Å²) < 4.78 is 5.49. The van der Waals surface area contributed by atoms with Gasteiger partial charge < -0.3 is 10.5 Å². The zero-order chi connectivity index (χ0) is 7.98. The maximum Gasteiger partial charge on any atom is 0.0550 e. The van der Waals surface area contributed by atoms with Crippen molar-refractivity contribution in [3.63, 3.8) is 0 Å². The zero-order valence-electron chi connectivity index (χ0n) is 7.26. The van der Waals surface area contributed by atoms with Gasteiger partial charge >= 0.3 is 0 Å². The fraction of sp³-hybridized carbons (Fsp3) is 1.00. The summed E-state index contributed by atoms with van der Waals surface area (Å²) >= 11 is 0. The highest BCUT2D eigenvalue weighted by Crippen LogP contribution is 2.17. The Morgan fingerprint density at radius 2 is 1.50 bits per heavy atom. The second-order valence-electron chi connectivity index (χ2n) is 2.69. The third kappa shape index (κ3) is 3.85. The molecule has 2 N–H and O–H groups in total. The maximum atomic E-state index is 5.49. The van der Waals surface area contributed by atoms with Gasteiger partial charge in [0.25, 0.3) is 0 Å². The molecule has 0 aromatic carbocycles. The number of ether oxygens (including phenoxy) is 1. The van der Waals surface area contributed by atoms with Crippen LogP contribution in [0.4, 0.5) is 0 Å². The van der Waals surface area contributed by atoms with Crippen LogP contribution in [0.2, 0.25) is 0 Å². The number of nitrogens with two attached hydrogens (primary N) is 1. The second kappa shape index (κ2) is 5.69. The van der Waals surface area contributed by atoms with Crippen LogP contribution in [0.3, 0.4) is 0 Å². The van der Waals surface area contributed by atoms with E-state index in [9.17, 15) is 0 Å². The Balaban J connectivity index is 0.000000371. The van der Waals surface area contributed by atoms with Crippen molar-refractivity contribution in [3.8, 4) is 0 Å². The van der Waals surface area contributed by atoms with Crippen molar-refractivity contribution in [1.29, 1.82) is 0 Å². The molecule has 1 saturated heterocycles. The predicted molar refractivity (Wildman–Crippen MR) is 44.0 cm³/mol. The molecule has 0 spiro atoms. The molecule has 0 aliphatic carbocycles. The lowest BCUT2D eigenvalue weighted by atomic mass is 10.1. The first kappa shape index (κ1) is 9.92. The molecule has 10 heavy (non-hydrogen) atoms. The van der Waals surface area contributed by atoms with E-state index in [0.29, 0.717) is 12.2 Å². The Morgan fingerprint density at radius 1 is 1.10 bits per heavy atom. The maximum absolute atomic E-state index is 5.49. The molecule has 0 aromatic rings. The van der Waals surface area contributed by atoms with E-state index >= 15 is 0 Å². The van der Waals surface area contributed by atoms with Crippen molar-refractivity contribution in [2.45, 2.75) is 45.3 Å². The number of hydrogen-bond donors (Lipinski definition) is 1. The summed E-state index contributed by atoms with van der Waals surface area (Å²) in [6, 6.07) is 0. The van der Waals surface area contributed by atoms with Gasteiger partial charge in [-0.15, -0.1) is 0 Å². The molecular weight excluding hydrogens is 126 g/mol. The van der Waals surface area contributed by atoms with E-state index < -0.39 is 0 Å². The van der Waals surface area contributed by atoms with Crippen molar-refractivity contribution in [1.82, 2.24) is 0 Å². The standard InChI is InChI=1S/C7H14O.CH5N/c1-6-4-3-5-7(2)8-6;1-2/h6-7H,3-5H2,1-2H3;2H2,1H3. The number of hydrogen-bond acceptors (Lipinski definition) is 2. The Labute approximate surface area is 63.7 Å². The topological polar surface area (TPSA) is 35.2 Å². The smallest absolute Gasteiger partial charge is 0.0550 e. The van der Waals surface area contributed by atoms with Crippen LogP contribution in [-0.2, 0) is 4.74 Å². The molecule has 2 atom stereocenters. The van der Waals surface area contributed by atoms with Gasteiger partial charge in [-0.1, -0.05) is 0 Å². The number of rotatable bonds is 0. The Kier molecular flexibility index (Phi) is 5.64. The Bertz CT molecular complexity index is 67.7. The van der Waals surface area contributed by atoms with Crippen molar-refractivity contribution in [2.24, 2.45) is 5.73 Å². The van der Waals surface area contributed by atoms with Gasteiger partial charge in [0.15, 0.2) is 0 Å². The Morgan fingerprint density at radius 3 is 1.70 bits per heavy atom. The lowest BCUT2D eigenvalue weighted by molar-refractivity contribution is -0.0292. The summed E-state index contributed by atoms with van der Waals surface area (Å²) in [4.78, 5) is 0. The molecule has 1 aliphatic rings. The van der Waals surface area contributed by atoms with Crippen LogP contribution in [0.5, 0.6) is 0 Å². The molecule has 62 valence electrons. The fourth-order valence-electron chi connectivity index (χ4n) is 1.23. The van der Waals surface area contributed by atoms with Crippen LogP contribution in [0.25, 0.3) is 0 Å². The van der Waals surface area contributed by atoms with E-state index in [1.165, 1.54) is 26.3 Å². The third-order valence-electron chi connectivity index (χ3n) is 1.69. The van der Waals surface area contributed by atoms with Gasteiger partial charge in [-0.3, -0.25) is 0 Å². The lowest BCUT2D eigenvalue weighted by Gasteiger charge is -2.24. The van der Waals surface area contributed by atoms with Crippen LogP contribution >= 0.6 is 0 Å². The minimum Gasteiger partial charge on any atom is -0.376 e. The van der Waals surface area contributed by atoms with Crippen molar-refractivity contribution < 1.29 is 4.74 Å². The van der Waals surface area contributed by atoms with E-state index in [1.807, 2.05) is 0 Å². The van der Waals surface area contributed by atoms with E-state index in [2.05, 4.69) is 19.6 Å². The minimum atomic E-state index is 0.513. The predicted octanol–water partition coefficient (Wildman–Crippen LogP) is 1.54. The molecule has 1 heterocycles. The largest absolute Gasteiger partial charge is 0.376 e. The molecular formula is C8H19NO. The molecule has 1 aliphatic heterocycles. The monoisotopic (exact) mass is 145 g/mol. The van der Waals surface area contributed by atoms with Gasteiger partial charge in [-0.05, 0) is 40.2 Å². The van der Waals surface area contributed by atoms with Gasteiger partial charge in [0.05, 0.1) is 12.2 Å². The van der Waals surface area contributed by atoms with Crippen molar-refractivity contribution in [2.75, 3.05) is 7.05 Å². The molecule has 2 unspecified atom stereocenters. The molecule has 0 saturated carbocycles. The van der Waals surface area contributed by atoms with E-state index in [1.54, 1.807) is 0 Å². The first-order chi connectivity index (χ1) is 4.79. The van der Waals surface area contributed by atoms with E-state index in [-0.39, 0.29) is 0 Å². The normalized spacial score (nSPS) is 32.4. The first-order valence-corrected chi connectivity index (χ1v) is 4.02. The summed E-state index contributed by atoms with van der Waals surface area (Å²) in [5.41, 5.74) is 4.50. The fourth-order valence-corrected chi connectivity index (χ4v) is 1.23. The summed E-state index contributed by atoms with van der Waals surface area (Å²) in [5, 5.41) is 0. The van der Waals surface area contributed by atoms with Crippen LogP contribution in [0.1, 0.15) is 33.1 Å². The zero-order valence-corrected chi connectivity index (χ0v) is 7.26. The highest BCUT2D eigenvalue weighted by Gasteiger charge is 2.13. The molecule has 0 radical (unpaired) electrons. The second-order valence-corrected chi connectivity index (χ2v) is 2.69. The summed E-state index contributed by atoms with van der Waals surface area (Å²) in [6.07, 6.45) is 4.88. The molecule has 1 rings (SSSR count). The average Bonchev–Trinajstić information content (AvgIpc) is 1.91. The van der Waals surface area contributed by atoms with Gasteiger partial charge in [-0.25, -0.2) is 0 Å². The van der Waals surface area contributed by atoms with Gasteiger partial charge in [0.1, 0.15) is 0 Å². The molecule has 2 nitrogen and oxygen atoms in total. The lowest BCUT2D eigenvalue weighted by Crippen LogP contribution is -2.22. The quantitative estimate of drug-likeness (QED) is 0.561. The highest BCUT2D eigenvalue weighted by atomic mass is 16.5. The van der Waals surface area contributed by atoms with Crippen LogP contribution in [0, 0.1) is 0 Å². The third-order valence-corrected chi connectivity index (χ3v) is 1.69. The van der Waals surface area contributed by atoms with Gasteiger partial charge in [-0.2, -0.15) is 0 Å². The summed E-state index contributed by atoms with van der Waals surface area (Å²) in [7, 11) is 1.50. The van der Waals surface area contributed by atoms with Crippen LogP contribution in [-0.4, -0.2) is 19.3 Å². The Hall–Kier alpha value is -0.0800. The van der Waals surface area contributed by atoms with E-state index in [0.717, 1.165) is 0 Å².